The fourth-order valence-electron chi connectivity index (χ4n) is 2.73. The summed E-state index contributed by atoms with van der Waals surface area (Å²) >= 11 is 5.76. The predicted molar refractivity (Wildman–Crippen MR) is 110 cm³/mol. The van der Waals surface area contributed by atoms with Gasteiger partial charge < -0.3 is 14.6 Å². The van der Waals surface area contributed by atoms with Crippen molar-refractivity contribution in [3.63, 3.8) is 0 Å². The molecule has 0 aliphatic rings. The molecule has 0 atom stereocenters. The molecule has 30 heavy (non-hydrogen) atoms. The van der Waals surface area contributed by atoms with Gasteiger partial charge in [-0.15, -0.1) is 0 Å². The van der Waals surface area contributed by atoms with Gasteiger partial charge in [-0.1, -0.05) is 65.3 Å². The number of carbonyl (C=O) groups excluding carboxylic acids is 1. The quantitative estimate of drug-likeness (QED) is 0.451. The summed E-state index contributed by atoms with van der Waals surface area (Å²) in [5.41, 5.74) is 1.02. The third-order valence-corrected chi connectivity index (χ3v) is 4.47. The van der Waals surface area contributed by atoms with Gasteiger partial charge in [0.1, 0.15) is 5.75 Å². The molecule has 0 spiro atoms. The Morgan fingerprint density at radius 2 is 1.80 bits per heavy atom. The maximum atomic E-state index is 14.1. The molecule has 0 saturated carbocycles. The van der Waals surface area contributed by atoms with Crippen molar-refractivity contribution < 1.29 is 18.4 Å². The van der Waals surface area contributed by atoms with Crippen LogP contribution in [-0.4, -0.2) is 16.0 Å². The third kappa shape index (κ3) is 4.31. The van der Waals surface area contributed by atoms with Crippen LogP contribution in [0.3, 0.4) is 0 Å². The zero-order chi connectivity index (χ0) is 20.9. The molecule has 0 bridgehead atoms. The fourth-order valence-corrected chi connectivity index (χ4v) is 2.90. The second kappa shape index (κ2) is 8.75. The first-order valence-corrected chi connectivity index (χ1v) is 9.35. The second-order valence-electron chi connectivity index (χ2n) is 6.22. The molecule has 3 aromatic carbocycles. The van der Waals surface area contributed by atoms with Crippen molar-refractivity contribution >= 4 is 23.2 Å². The lowest BCUT2D eigenvalue weighted by molar-refractivity contribution is 0.102. The summed E-state index contributed by atoms with van der Waals surface area (Å²) in [7, 11) is 0. The molecular weight excluding hydrogens is 409 g/mol. The van der Waals surface area contributed by atoms with Crippen molar-refractivity contribution in [3.05, 3.63) is 95.1 Å². The SMILES string of the molecule is O=C(Nc1cccc(Cl)c1F)c1ccccc1OCc1nc(-c2ccccc2)no1. The molecule has 0 aliphatic carbocycles. The molecule has 0 radical (unpaired) electrons. The Morgan fingerprint density at radius 3 is 2.63 bits per heavy atom. The number of nitrogens with one attached hydrogen (secondary N) is 1. The number of halogens is 2. The van der Waals surface area contributed by atoms with Gasteiger partial charge in [-0.3, -0.25) is 4.79 Å². The topological polar surface area (TPSA) is 77.2 Å². The first-order chi connectivity index (χ1) is 14.6. The van der Waals surface area contributed by atoms with E-state index >= 15 is 0 Å². The number of amides is 1. The molecular formula is C22H15ClFN3O3. The van der Waals surface area contributed by atoms with Crippen molar-refractivity contribution in [2.24, 2.45) is 0 Å². The number of para-hydroxylation sites is 1. The first kappa shape index (κ1) is 19.6. The van der Waals surface area contributed by atoms with Crippen LogP contribution in [0.1, 0.15) is 16.2 Å². The highest BCUT2D eigenvalue weighted by Crippen LogP contribution is 2.25. The van der Waals surface area contributed by atoms with Gasteiger partial charge in [0, 0.05) is 5.56 Å². The third-order valence-electron chi connectivity index (χ3n) is 4.18. The zero-order valence-electron chi connectivity index (χ0n) is 15.5. The average molecular weight is 424 g/mol. The molecule has 8 heteroatoms. The van der Waals surface area contributed by atoms with Gasteiger partial charge in [-0.05, 0) is 24.3 Å². The number of nitrogens with zero attached hydrogens (tertiary/aromatic N) is 2. The molecule has 4 rings (SSSR count). The minimum atomic E-state index is -0.704. The smallest absolute Gasteiger partial charge is 0.264 e. The summed E-state index contributed by atoms with van der Waals surface area (Å²) < 4.78 is 25.0. The van der Waals surface area contributed by atoms with Crippen LogP contribution >= 0.6 is 11.6 Å². The standard InChI is InChI=1S/C22H15ClFN3O3/c23-16-10-6-11-17(20(16)24)25-22(28)15-9-4-5-12-18(15)29-13-19-26-21(27-30-19)14-7-2-1-3-8-14/h1-12H,13H2,(H,25,28). The van der Waals surface area contributed by atoms with Crippen molar-refractivity contribution in [2.45, 2.75) is 6.61 Å². The lowest BCUT2D eigenvalue weighted by atomic mass is 10.2. The summed E-state index contributed by atoms with van der Waals surface area (Å²) in [4.78, 5) is 16.9. The summed E-state index contributed by atoms with van der Waals surface area (Å²) in [5.74, 6) is -0.258. The summed E-state index contributed by atoms with van der Waals surface area (Å²) in [6, 6.07) is 20.3. The zero-order valence-corrected chi connectivity index (χ0v) is 16.3. The number of aromatic nitrogens is 2. The van der Waals surface area contributed by atoms with Crippen LogP contribution in [0.15, 0.2) is 77.3 Å². The van der Waals surface area contributed by atoms with Crippen molar-refractivity contribution in [1.29, 1.82) is 0 Å². The van der Waals surface area contributed by atoms with Gasteiger partial charge >= 0.3 is 0 Å². The van der Waals surface area contributed by atoms with E-state index in [0.29, 0.717) is 5.82 Å². The first-order valence-electron chi connectivity index (χ1n) is 8.97. The molecule has 0 aliphatic heterocycles. The van der Waals surface area contributed by atoms with Crippen LogP contribution in [0.2, 0.25) is 5.02 Å². The Labute approximate surface area is 176 Å². The van der Waals surface area contributed by atoms with E-state index in [2.05, 4.69) is 15.5 Å². The van der Waals surface area contributed by atoms with Crippen molar-refractivity contribution in [3.8, 4) is 17.1 Å². The molecule has 1 N–H and O–H groups in total. The van der Waals surface area contributed by atoms with E-state index in [-0.39, 0.29) is 34.5 Å². The number of hydrogen-bond donors (Lipinski definition) is 1. The largest absolute Gasteiger partial charge is 0.483 e. The van der Waals surface area contributed by atoms with Crippen LogP contribution in [0.25, 0.3) is 11.4 Å². The molecule has 4 aromatic rings. The summed E-state index contributed by atoms with van der Waals surface area (Å²) in [6.45, 7) is -0.0321. The number of anilines is 1. The normalized spacial score (nSPS) is 10.6. The Bertz CT molecular complexity index is 1180. The van der Waals surface area contributed by atoms with Crippen LogP contribution in [0, 0.1) is 5.82 Å². The summed E-state index contributed by atoms with van der Waals surface area (Å²) in [5, 5.41) is 6.35. The number of carbonyl (C=O) groups is 1. The van der Waals surface area contributed by atoms with Crippen molar-refractivity contribution in [1.82, 2.24) is 10.1 Å². The van der Waals surface area contributed by atoms with Crippen molar-refractivity contribution in [2.75, 3.05) is 5.32 Å². The van der Waals surface area contributed by atoms with E-state index in [4.69, 9.17) is 20.9 Å². The number of ether oxygens (including phenoxy) is 1. The van der Waals surface area contributed by atoms with E-state index in [1.165, 1.54) is 12.1 Å². The molecule has 150 valence electrons. The number of hydrogen-bond acceptors (Lipinski definition) is 5. The van der Waals surface area contributed by atoms with E-state index < -0.39 is 11.7 Å². The second-order valence-corrected chi connectivity index (χ2v) is 6.63. The maximum Gasteiger partial charge on any atom is 0.264 e. The van der Waals surface area contributed by atoms with Gasteiger partial charge in [-0.25, -0.2) is 4.39 Å². The molecule has 1 aromatic heterocycles. The molecule has 1 amide bonds. The van der Waals surface area contributed by atoms with E-state index in [0.717, 1.165) is 5.56 Å². The fraction of sp³-hybridized carbons (Fsp3) is 0.0455. The molecule has 1 heterocycles. The highest BCUT2D eigenvalue weighted by atomic mass is 35.5. The minimum absolute atomic E-state index is 0.0216. The van der Waals surface area contributed by atoms with Gasteiger partial charge in [0.05, 0.1) is 16.3 Å². The van der Waals surface area contributed by atoms with Crippen LogP contribution in [0.5, 0.6) is 5.75 Å². The Balaban J connectivity index is 1.48. The highest BCUT2D eigenvalue weighted by molar-refractivity contribution is 6.31. The predicted octanol–water partition coefficient (Wildman–Crippen LogP) is 5.36. The van der Waals surface area contributed by atoms with Crippen LogP contribution in [-0.2, 0) is 6.61 Å². The van der Waals surface area contributed by atoms with Gasteiger partial charge in [0.2, 0.25) is 5.82 Å². The Hall–Kier alpha value is -3.71. The van der Waals surface area contributed by atoms with Gasteiger partial charge in [0.25, 0.3) is 11.8 Å². The minimum Gasteiger partial charge on any atom is -0.483 e. The molecule has 0 unspecified atom stereocenters. The van der Waals surface area contributed by atoms with Gasteiger partial charge in [-0.2, -0.15) is 4.98 Å². The molecule has 0 fully saturated rings. The van der Waals surface area contributed by atoms with E-state index in [9.17, 15) is 9.18 Å². The maximum absolute atomic E-state index is 14.1. The highest BCUT2D eigenvalue weighted by Gasteiger charge is 2.16. The average Bonchev–Trinajstić information content (AvgIpc) is 3.25. The lowest BCUT2D eigenvalue weighted by Crippen LogP contribution is -2.14. The molecule has 6 nitrogen and oxygen atoms in total. The molecule has 0 saturated heterocycles. The number of rotatable bonds is 6. The monoisotopic (exact) mass is 423 g/mol. The Morgan fingerprint density at radius 1 is 1.03 bits per heavy atom. The van der Waals surface area contributed by atoms with Crippen LogP contribution < -0.4 is 10.1 Å². The van der Waals surface area contributed by atoms with Gasteiger partial charge in [0.15, 0.2) is 12.4 Å². The Kier molecular flexibility index (Phi) is 5.72. The number of benzene rings is 3. The van der Waals surface area contributed by atoms with Crippen LogP contribution in [0.4, 0.5) is 10.1 Å². The lowest BCUT2D eigenvalue weighted by Gasteiger charge is -2.11. The van der Waals surface area contributed by atoms with E-state index in [1.54, 1.807) is 30.3 Å². The summed E-state index contributed by atoms with van der Waals surface area (Å²) in [6.07, 6.45) is 0. The van der Waals surface area contributed by atoms with E-state index in [1.807, 2.05) is 30.3 Å².